The highest BCUT2D eigenvalue weighted by molar-refractivity contribution is 7.99. The Morgan fingerprint density at radius 2 is 2.36 bits per heavy atom. The van der Waals surface area contributed by atoms with Crippen molar-refractivity contribution >= 4 is 29.1 Å². The van der Waals surface area contributed by atoms with Gasteiger partial charge >= 0.3 is 0 Å². The monoisotopic (exact) mass is 227 g/mol. The molecule has 1 aromatic rings. The lowest BCUT2D eigenvalue weighted by molar-refractivity contribution is 0.813. The van der Waals surface area contributed by atoms with E-state index in [0.29, 0.717) is 6.04 Å². The van der Waals surface area contributed by atoms with Gasteiger partial charge < -0.3 is 5.32 Å². The Morgan fingerprint density at radius 3 is 3.00 bits per heavy atom. The van der Waals surface area contributed by atoms with Crippen molar-refractivity contribution in [2.75, 3.05) is 16.8 Å². The maximum absolute atomic E-state index is 6.05. The van der Waals surface area contributed by atoms with Gasteiger partial charge in [-0.3, -0.25) is 0 Å². The summed E-state index contributed by atoms with van der Waals surface area (Å²) in [6.07, 6.45) is 1.26. The van der Waals surface area contributed by atoms with Gasteiger partial charge in [0.25, 0.3) is 0 Å². The van der Waals surface area contributed by atoms with E-state index in [-0.39, 0.29) is 0 Å². The summed E-state index contributed by atoms with van der Waals surface area (Å²) in [6.45, 7) is 2.03. The highest BCUT2D eigenvalue weighted by Gasteiger charge is 2.14. The van der Waals surface area contributed by atoms with E-state index in [4.69, 9.17) is 11.6 Å². The lowest BCUT2D eigenvalue weighted by Crippen LogP contribution is -2.17. The molecule has 0 unspecified atom stereocenters. The maximum Gasteiger partial charge on any atom is 0.0455 e. The number of halogens is 1. The van der Waals surface area contributed by atoms with Crippen molar-refractivity contribution in [1.82, 2.24) is 0 Å². The summed E-state index contributed by atoms with van der Waals surface area (Å²) < 4.78 is 0. The van der Waals surface area contributed by atoms with Crippen molar-refractivity contribution in [3.8, 4) is 0 Å². The molecule has 0 amide bonds. The van der Waals surface area contributed by atoms with Crippen LogP contribution in [0.25, 0.3) is 0 Å². The fourth-order valence-electron chi connectivity index (χ4n) is 1.57. The Hall–Kier alpha value is -0.340. The molecule has 1 aromatic carbocycles. The zero-order valence-electron chi connectivity index (χ0n) is 8.22. The largest absolute Gasteiger partial charge is 0.381 e. The quantitative estimate of drug-likeness (QED) is 0.829. The van der Waals surface area contributed by atoms with E-state index in [1.807, 2.05) is 24.8 Å². The van der Waals surface area contributed by atoms with Crippen LogP contribution in [0.2, 0.25) is 5.02 Å². The topological polar surface area (TPSA) is 12.0 Å². The smallest absolute Gasteiger partial charge is 0.0455 e. The summed E-state index contributed by atoms with van der Waals surface area (Å²) in [5.74, 6) is 2.49. The average molecular weight is 228 g/mol. The summed E-state index contributed by atoms with van der Waals surface area (Å²) in [7, 11) is 0. The van der Waals surface area contributed by atoms with E-state index >= 15 is 0 Å². The van der Waals surface area contributed by atoms with Crippen LogP contribution in [0.3, 0.4) is 0 Å². The minimum atomic E-state index is 0.624. The van der Waals surface area contributed by atoms with Crippen molar-refractivity contribution in [1.29, 1.82) is 0 Å². The molecular weight excluding hydrogens is 214 g/mol. The number of nitrogens with one attached hydrogen (secondary N) is 1. The van der Waals surface area contributed by atoms with Gasteiger partial charge in [-0.25, -0.2) is 0 Å². The molecule has 0 radical (unpaired) electrons. The second kappa shape index (κ2) is 4.45. The number of aryl methyl sites for hydroxylation is 1. The second-order valence-corrected chi connectivity index (χ2v) is 5.23. The minimum Gasteiger partial charge on any atom is -0.381 e. The molecule has 2 rings (SSSR count). The van der Waals surface area contributed by atoms with Gasteiger partial charge in [0.05, 0.1) is 0 Å². The van der Waals surface area contributed by atoms with Crippen LogP contribution in [-0.2, 0) is 0 Å². The van der Waals surface area contributed by atoms with Crippen LogP contribution in [0, 0.1) is 6.92 Å². The van der Waals surface area contributed by atoms with Gasteiger partial charge in [-0.2, -0.15) is 11.8 Å². The lowest BCUT2D eigenvalue weighted by Gasteiger charge is -2.13. The Labute approximate surface area is 94.2 Å². The predicted molar refractivity (Wildman–Crippen MR) is 65.5 cm³/mol. The van der Waals surface area contributed by atoms with Crippen LogP contribution < -0.4 is 5.32 Å². The number of anilines is 1. The van der Waals surface area contributed by atoms with Crippen LogP contribution >= 0.6 is 23.4 Å². The fourth-order valence-corrected chi connectivity index (χ4v) is 2.90. The number of thioether (sulfide) groups is 1. The van der Waals surface area contributed by atoms with E-state index in [2.05, 4.69) is 17.4 Å². The van der Waals surface area contributed by atoms with Crippen LogP contribution in [0.1, 0.15) is 12.0 Å². The van der Waals surface area contributed by atoms with Crippen molar-refractivity contribution in [3.63, 3.8) is 0 Å². The summed E-state index contributed by atoms with van der Waals surface area (Å²) >= 11 is 8.07. The van der Waals surface area contributed by atoms with Crippen molar-refractivity contribution in [2.24, 2.45) is 0 Å². The Kier molecular flexibility index (Phi) is 3.24. The van der Waals surface area contributed by atoms with Crippen LogP contribution in [0.15, 0.2) is 18.2 Å². The van der Waals surface area contributed by atoms with Gasteiger partial charge in [0.15, 0.2) is 0 Å². The molecule has 0 aliphatic carbocycles. The average Bonchev–Trinajstić information content (AvgIpc) is 2.64. The van der Waals surface area contributed by atoms with Gasteiger partial charge in [-0.15, -0.1) is 0 Å². The first-order chi connectivity index (χ1) is 6.75. The van der Waals surface area contributed by atoms with Crippen molar-refractivity contribution in [2.45, 2.75) is 19.4 Å². The highest BCUT2D eigenvalue weighted by atomic mass is 35.5. The van der Waals surface area contributed by atoms with Crippen molar-refractivity contribution in [3.05, 3.63) is 28.8 Å². The van der Waals surface area contributed by atoms with E-state index in [0.717, 1.165) is 16.3 Å². The molecular formula is C11H14ClNS. The van der Waals surface area contributed by atoms with Crippen LogP contribution in [-0.4, -0.2) is 17.5 Å². The molecule has 76 valence electrons. The van der Waals surface area contributed by atoms with Crippen LogP contribution in [0.5, 0.6) is 0 Å². The molecule has 0 bridgehead atoms. The van der Waals surface area contributed by atoms with Gasteiger partial charge in [0.1, 0.15) is 0 Å². The van der Waals surface area contributed by atoms with Crippen molar-refractivity contribution < 1.29 is 0 Å². The van der Waals surface area contributed by atoms with Gasteiger partial charge in [0, 0.05) is 22.5 Å². The molecule has 14 heavy (non-hydrogen) atoms. The number of hydrogen-bond donors (Lipinski definition) is 1. The number of benzene rings is 1. The molecule has 3 heteroatoms. The zero-order chi connectivity index (χ0) is 9.97. The molecule has 1 atom stereocenters. The third kappa shape index (κ3) is 2.37. The molecule has 1 aliphatic rings. The highest BCUT2D eigenvalue weighted by Crippen LogP contribution is 2.24. The summed E-state index contributed by atoms with van der Waals surface area (Å²) in [5, 5.41) is 4.35. The van der Waals surface area contributed by atoms with Crippen LogP contribution in [0.4, 0.5) is 5.69 Å². The molecule has 1 fully saturated rings. The zero-order valence-corrected chi connectivity index (χ0v) is 9.79. The molecule has 1 aliphatic heterocycles. The Bertz CT molecular complexity index is 321. The minimum absolute atomic E-state index is 0.624. The lowest BCUT2D eigenvalue weighted by atomic mass is 10.2. The fraction of sp³-hybridized carbons (Fsp3) is 0.455. The molecule has 0 saturated carbocycles. The normalized spacial score (nSPS) is 21.1. The van der Waals surface area contributed by atoms with E-state index in [1.165, 1.54) is 17.9 Å². The van der Waals surface area contributed by atoms with E-state index < -0.39 is 0 Å². The summed E-state index contributed by atoms with van der Waals surface area (Å²) in [5.41, 5.74) is 2.28. The molecule has 1 heterocycles. The molecule has 0 aromatic heterocycles. The molecule has 0 spiro atoms. The third-order valence-corrected chi connectivity index (χ3v) is 4.04. The van der Waals surface area contributed by atoms with Gasteiger partial charge in [-0.1, -0.05) is 17.7 Å². The Morgan fingerprint density at radius 1 is 1.50 bits per heavy atom. The van der Waals surface area contributed by atoms with Gasteiger partial charge in [0.2, 0.25) is 0 Å². The van der Waals surface area contributed by atoms with Gasteiger partial charge in [-0.05, 0) is 36.8 Å². The third-order valence-electron chi connectivity index (χ3n) is 2.47. The molecule has 1 saturated heterocycles. The standard InChI is InChI=1S/C11H14ClNS/c1-8-2-3-9(6-11(8)12)13-10-4-5-14-7-10/h2-3,6,10,13H,4-5,7H2,1H3/t10-/m1/s1. The molecule has 1 nitrogen and oxygen atoms in total. The maximum atomic E-state index is 6.05. The second-order valence-electron chi connectivity index (χ2n) is 3.67. The van der Waals surface area contributed by atoms with E-state index in [1.54, 1.807) is 0 Å². The molecule has 1 N–H and O–H groups in total. The summed E-state index contributed by atoms with van der Waals surface area (Å²) in [4.78, 5) is 0. The predicted octanol–water partition coefficient (Wildman–Crippen LogP) is 3.57. The first-order valence-corrected chi connectivity index (χ1v) is 6.39. The summed E-state index contributed by atoms with van der Waals surface area (Å²) in [6, 6.07) is 6.80. The number of rotatable bonds is 2. The SMILES string of the molecule is Cc1ccc(N[C@@H]2CCSC2)cc1Cl. The van der Waals surface area contributed by atoms with E-state index in [9.17, 15) is 0 Å². The number of hydrogen-bond acceptors (Lipinski definition) is 2. The Balaban J connectivity index is 2.05. The first-order valence-electron chi connectivity index (χ1n) is 4.86. The first kappa shape index (κ1) is 10.2.